The molecule has 5 rings (SSSR count). The highest BCUT2D eigenvalue weighted by atomic mass is 19.1. The van der Waals surface area contributed by atoms with Crippen molar-refractivity contribution in [1.29, 1.82) is 0 Å². The van der Waals surface area contributed by atoms with Gasteiger partial charge in [-0.1, -0.05) is 37.3 Å². The molecule has 0 radical (unpaired) electrons. The number of hydrogen-bond donors (Lipinski definition) is 0. The predicted octanol–water partition coefficient (Wildman–Crippen LogP) is 4.67. The molecule has 6 nitrogen and oxygen atoms in total. The smallest absolute Gasteiger partial charge is 0.266 e. The molecule has 0 bridgehead atoms. The molecule has 2 saturated heterocycles. The first-order chi connectivity index (χ1) is 16.1. The van der Waals surface area contributed by atoms with Crippen molar-refractivity contribution in [3.05, 3.63) is 90.2 Å². The van der Waals surface area contributed by atoms with Crippen LogP contribution in [0.5, 0.6) is 5.75 Å². The van der Waals surface area contributed by atoms with Gasteiger partial charge in [-0.3, -0.25) is 14.4 Å². The first-order valence-electron chi connectivity index (χ1n) is 11.0. The second kappa shape index (κ2) is 8.67. The summed E-state index contributed by atoms with van der Waals surface area (Å²) >= 11 is 0. The normalized spacial score (nSPS) is 22.1. The molecule has 2 amide bonds. The summed E-state index contributed by atoms with van der Waals surface area (Å²) in [5.41, 5.74) is 1.88. The summed E-state index contributed by atoms with van der Waals surface area (Å²) in [6.07, 6.45) is -0.0856. The monoisotopic (exact) mass is 446 g/mol. The highest BCUT2D eigenvalue weighted by molar-refractivity contribution is 6.23. The lowest BCUT2D eigenvalue weighted by molar-refractivity contribution is -0.126. The molecule has 0 spiro atoms. The topological polar surface area (TPSA) is 59.1 Å². The van der Waals surface area contributed by atoms with Crippen LogP contribution in [0.25, 0.3) is 0 Å². The zero-order valence-corrected chi connectivity index (χ0v) is 18.1. The molecule has 0 aromatic heterocycles. The summed E-state index contributed by atoms with van der Waals surface area (Å²) in [7, 11) is 0. The minimum Gasteiger partial charge on any atom is -0.494 e. The van der Waals surface area contributed by atoms with Gasteiger partial charge in [0, 0.05) is 0 Å². The Balaban J connectivity index is 1.49. The Labute approximate surface area is 191 Å². The SMILES string of the molecule is CCCOc1ccc(N2C(=O)C3ON(c4ccccc4)C(c4ccc(F)cc4)C3C2=O)cc1. The number of ether oxygens (including phenoxy) is 1. The Bertz CT molecular complexity index is 1150. The zero-order chi connectivity index (χ0) is 22.9. The molecule has 3 unspecified atom stereocenters. The van der Waals surface area contributed by atoms with E-state index in [-0.39, 0.29) is 11.7 Å². The van der Waals surface area contributed by atoms with Crippen LogP contribution in [0.2, 0.25) is 0 Å². The standard InChI is InChI=1S/C26H23FN2O4/c1-2-16-32-21-14-12-19(13-15-21)28-25(30)22-23(17-8-10-18(27)11-9-17)29(33-24(22)26(28)31)20-6-4-3-5-7-20/h3-15,22-24H,2,16H2,1H3. The number of carbonyl (C=O) groups excluding carboxylic acids is 2. The Hall–Kier alpha value is -3.71. The molecule has 0 N–H and O–H groups in total. The van der Waals surface area contributed by atoms with Gasteiger partial charge >= 0.3 is 0 Å². The number of nitrogens with zero attached hydrogens (tertiary/aromatic N) is 2. The van der Waals surface area contributed by atoms with E-state index < -0.39 is 24.0 Å². The second-order valence-electron chi connectivity index (χ2n) is 8.06. The third-order valence-corrected chi connectivity index (χ3v) is 5.91. The number of para-hydroxylation sites is 1. The molecular weight excluding hydrogens is 423 g/mol. The van der Waals surface area contributed by atoms with Gasteiger partial charge in [0.25, 0.3) is 5.91 Å². The maximum absolute atomic E-state index is 13.6. The molecular formula is C26H23FN2O4. The highest BCUT2D eigenvalue weighted by Crippen LogP contribution is 2.47. The van der Waals surface area contributed by atoms with E-state index in [4.69, 9.17) is 9.57 Å². The van der Waals surface area contributed by atoms with E-state index in [1.54, 1.807) is 41.5 Å². The maximum Gasteiger partial charge on any atom is 0.266 e. The van der Waals surface area contributed by atoms with Gasteiger partial charge in [-0.15, -0.1) is 0 Å². The maximum atomic E-state index is 13.6. The lowest BCUT2D eigenvalue weighted by Crippen LogP contribution is -2.37. The fraction of sp³-hybridized carbons (Fsp3) is 0.231. The van der Waals surface area contributed by atoms with E-state index in [2.05, 4.69) is 0 Å². The lowest BCUT2D eigenvalue weighted by Gasteiger charge is -2.28. The summed E-state index contributed by atoms with van der Waals surface area (Å²) in [5, 5.41) is 1.59. The lowest BCUT2D eigenvalue weighted by atomic mass is 9.90. The van der Waals surface area contributed by atoms with E-state index >= 15 is 0 Å². The van der Waals surface area contributed by atoms with Crippen molar-refractivity contribution >= 4 is 23.2 Å². The highest BCUT2D eigenvalue weighted by Gasteiger charge is 2.60. The van der Waals surface area contributed by atoms with Crippen molar-refractivity contribution in [1.82, 2.24) is 0 Å². The van der Waals surface area contributed by atoms with Crippen molar-refractivity contribution in [2.24, 2.45) is 5.92 Å². The summed E-state index contributed by atoms with van der Waals surface area (Å²) in [5.74, 6) is -1.23. The molecule has 3 aromatic carbocycles. The number of fused-ring (bicyclic) bond motifs is 1. The third kappa shape index (κ3) is 3.74. The zero-order valence-electron chi connectivity index (χ0n) is 18.1. The molecule has 0 aliphatic carbocycles. The van der Waals surface area contributed by atoms with Gasteiger partial charge in [0.1, 0.15) is 17.5 Å². The van der Waals surface area contributed by atoms with Crippen LogP contribution in [0.15, 0.2) is 78.9 Å². The fourth-order valence-electron chi connectivity index (χ4n) is 4.38. The summed E-state index contributed by atoms with van der Waals surface area (Å²) in [4.78, 5) is 34.2. The quantitative estimate of drug-likeness (QED) is 0.515. The molecule has 2 fully saturated rings. The number of hydrogen-bond acceptors (Lipinski definition) is 5. The Morgan fingerprint density at radius 1 is 0.879 bits per heavy atom. The van der Waals surface area contributed by atoms with Gasteiger partial charge < -0.3 is 4.74 Å². The molecule has 2 aliphatic rings. The number of amides is 2. The first kappa shape index (κ1) is 21.2. The predicted molar refractivity (Wildman–Crippen MR) is 121 cm³/mol. The summed E-state index contributed by atoms with van der Waals surface area (Å²) in [6.45, 7) is 2.61. The van der Waals surface area contributed by atoms with Crippen LogP contribution in [0.1, 0.15) is 24.9 Å². The van der Waals surface area contributed by atoms with Crippen LogP contribution in [0.3, 0.4) is 0 Å². The van der Waals surface area contributed by atoms with E-state index in [1.807, 2.05) is 37.3 Å². The fourth-order valence-corrected chi connectivity index (χ4v) is 4.38. The molecule has 3 atom stereocenters. The van der Waals surface area contributed by atoms with Crippen LogP contribution < -0.4 is 14.7 Å². The van der Waals surface area contributed by atoms with Crippen LogP contribution in [-0.4, -0.2) is 24.5 Å². The summed E-state index contributed by atoms with van der Waals surface area (Å²) < 4.78 is 19.2. The van der Waals surface area contributed by atoms with Crippen molar-refractivity contribution in [2.75, 3.05) is 16.6 Å². The molecule has 33 heavy (non-hydrogen) atoms. The number of imide groups is 1. The van der Waals surface area contributed by atoms with E-state index in [0.717, 1.165) is 6.42 Å². The minimum atomic E-state index is -0.969. The molecule has 168 valence electrons. The van der Waals surface area contributed by atoms with E-state index in [1.165, 1.54) is 17.0 Å². The van der Waals surface area contributed by atoms with Crippen molar-refractivity contribution in [3.63, 3.8) is 0 Å². The van der Waals surface area contributed by atoms with Gasteiger partial charge in [-0.25, -0.2) is 14.4 Å². The van der Waals surface area contributed by atoms with Gasteiger partial charge in [0.15, 0.2) is 6.10 Å². The van der Waals surface area contributed by atoms with Crippen molar-refractivity contribution in [2.45, 2.75) is 25.5 Å². The van der Waals surface area contributed by atoms with Crippen molar-refractivity contribution in [3.8, 4) is 5.75 Å². The van der Waals surface area contributed by atoms with Gasteiger partial charge in [0.2, 0.25) is 5.91 Å². The van der Waals surface area contributed by atoms with Crippen LogP contribution in [0, 0.1) is 11.7 Å². The number of anilines is 2. The van der Waals surface area contributed by atoms with E-state index in [9.17, 15) is 14.0 Å². The Kier molecular flexibility index (Phi) is 5.56. The average molecular weight is 446 g/mol. The molecule has 2 heterocycles. The van der Waals surface area contributed by atoms with Crippen molar-refractivity contribution < 1.29 is 23.6 Å². The number of rotatable bonds is 6. The number of benzene rings is 3. The largest absolute Gasteiger partial charge is 0.494 e. The van der Waals surface area contributed by atoms with Gasteiger partial charge in [-0.05, 0) is 60.5 Å². The van der Waals surface area contributed by atoms with E-state index in [0.29, 0.717) is 29.3 Å². The van der Waals surface area contributed by atoms with Gasteiger partial charge in [-0.2, -0.15) is 0 Å². The molecule has 0 saturated carbocycles. The number of halogens is 1. The first-order valence-corrected chi connectivity index (χ1v) is 11.0. The minimum absolute atomic E-state index is 0.347. The second-order valence-corrected chi connectivity index (χ2v) is 8.06. The third-order valence-electron chi connectivity index (χ3n) is 5.91. The number of carbonyl (C=O) groups is 2. The molecule has 7 heteroatoms. The number of hydroxylamine groups is 1. The molecule has 3 aromatic rings. The molecule has 2 aliphatic heterocycles. The van der Waals surface area contributed by atoms with Crippen LogP contribution in [0.4, 0.5) is 15.8 Å². The summed E-state index contributed by atoms with van der Waals surface area (Å²) in [6, 6.07) is 21.5. The Morgan fingerprint density at radius 2 is 1.58 bits per heavy atom. The van der Waals surface area contributed by atoms with Crippen LogP contribution in [-0.2, 0) is 14.4 Å². The van der Waals surface area contributed by atoms with Crippen LogP contribution >= 0.6 is 0 Å². The van der Waals surface area contributed by atoms with Gasteiger partial charge in [0.05, 0.1) is 24.0 Å². The average Bonchev–Trinajstić information content (AvgIpc) is 3.35. The Morgan fingerprint density at radius 3 is 2.24 bits per heavy atom.